The van der Waals surface area contributed by atoms with Crippen molar-refractivity contribution in [3.63, 3.8) is 0 Å². The van der Waals surface area contributed by atoms with Crippen molar-refractivity contribution < 1.29 is 8.42 Å². The van der Waals surface area contributed by atoms with E-state index in [1.807, 2.05) is 0 Å². The summed E-state index contributed by atoms with van der Waals surface area (Å²) in [6, 6.07) is 9.72. The van der Waals surface area contributed by atoms with Crippen molar-refractivity contribution in [3.05, 3.63) is 51.2 Å². The molecule has 0 saturated carbocycles. The molecule has 0 aliphatic rings. The molecule has 4 nitrogen and oxygen atoms in total. The van der Waals surface area contributed by atoms with E-state index in [4.69, 9.17) is 29.6 Å². The number of hydrogen-bond donors (Lipinski definition) is 2. The van der Waals surface area contributed by atoms with Crippen molar-refractivity contribution >= 4 is 50.2 Å². The average Bonchev–Trinajstić information content (AvgIpc) is 2.82. The lowest BCUT2D eigenvalue weighted by molar-refractivity contribution is 0.582. The minimum Gasteiger partial charge on any atom is -0.389 e. The molecule has 0 unspecified atom stereocenters. The van der Waals surface area contributed by atoms with Crippen molar-refractivity contribution in [1.82, 2.24) is 4.72 Å². The summed E-state index contributed by atoms with van der Waals surface area (Å²) in [5, 5.41) is 0. The predicted molar refractivity (Wildman–Crippen MR) is 85.7 cm³/mol. The summed E-state index contributed by atoms with van der Waals surface area (Å²) in [7, 11) is -3.61. The molecule has 0 amide bonds. The Morgan fingerprint density at radius 2 is 2.10 bits per heavy atom. The summed E-state index contributed by atoms with van der Waals surface area (Å²) in [4.78, 5) is 1.13. The lowest BCUT2D eigenvalue weighted by Gasteiger charge is -2.07. The predicted octanol–water partition coefficient (Wildman–Crippen LogP) is 2.51. The molecule has 106 valence electrons. The first-order valence-corrected chi connectivity index (χ1v) is 8.61. The Labute approximate surface area is 131 Å². The average molecular weight is 347 g/mol. The van der Waals surface area contributed by atoms with Crippen LogP contribution in [0.1, 0.15) is 10.4 Å². The fourth-order valence-corrected chi connectivity index (χ4v) is 3.81. The summed E-state index contributed by atoms with van der Waals surface area (Å²) in [6.07, 6.45) is 0. The molecule has 2 rings (SSSR count). The van der Waals surface area contributed by atoms with Gasteiger partial charge in [0.15, 0.2) is 0 Å². The molecule has 0 bridgehead atoms. The lowest BCUT2D eigenvalue weighted by Crippen LogP contribution is -2.23. The molecule has 0 aliphatic heterocycles. The van der Waals surface area contributed by atoms with Crippen LogP contribution in [-0.4, -0.2) is 13.4 Å². The number of nitrogens with two attached hydrogens (primary N) is 1. The minimum absolute atomic E-state index is 0.130. The Balaban J connectivity index is 2.17. The van der Waals surface area contributed by atoms with Crippen LogP contribution in [0, 0.1) is 0 Å². The highest BCUT2D eigenvalue weighted by molar-refractivity contribution is 7.89. The molecule has 0 atom stereocenters. The lowest BCUT2D eigenvalue weighted by atomic mass is 10.2. The SMILES string of the molecule is NC(=S)c1cccc(S(=O)(=O)NCc2ccc(Cl)s2)c1. The van der Waals surface area contributed by atoms with E-state index in [9.17, 15) is 8.42 Å². The summed E-state index contributed by atoms with van der Waals surface area (Å²) in [5.41, 5.74) is 6.01. The third-order valence-electron chi connectivity index (χ3n) is 2.49. The zero-order valence-electron chi connectivity index (χ0n) is 10.2. The van der Waals surface area contributed by atoms with Gasteiger partial charge in [0.2, 0.25) is 10.0 Å². The number of sulfonamides is 1. The summed E-state index contributed by atoms with van der Waals surface area (Å²) in [5.74, 6) is 0. The van der Waals surface area contributed by atoms with Gasteiger partial charge in [-0.2, -0.15) is 0 Å². The third kappa shape index (κ3) is 3.77. The topological polar surface area (TPSA) is 72.2 Å². The smallest absolute Gasteiger partial charge is 0.240 e. The summed E-state index contributed by atoms with van der Waals surface area (Å²) >= 11 is 12.0. The fraction of sp³-hybridized carbons (Fsp3) is 0.0833. The van der Waals surface area contributed by atoms with E-state index in [1.165, 1.54) is 23.5 Å². The Morgan fingerprint density at radius 3 is 2.70 bits per heavy atom. The Hall–Kier alpha value is -0.990. The van der Waals surface area contributed by atoms with Gasteiger partial charge in [0.1, 0.15) is 4.99 Å². The van der Waals surface area contributed by atoms with Gasteiger partial charge in [-0.25, -0.2) is 13.1 Å². The van der Waals surface area contributed by atoms with Crippen molar-refractivity contribution in [2.45, 2.75) is 11.4 Å². The molecule has 0 saturated heterocycles. The highest BCUT2D eigenvalue weighted by Crippen LogP contribution is 2.21. The summed E-state index contributed by atoms with van der Waals surface area (Å²) < 4.78 is 27.5. The molecular formula is C12H11ClN2O2S3. The molecule has 20 heavy (non-hydrogen) atoms. The van der Waals surface area contributed by atoms with Gasteiger partial charge in [0.25, 0.3) is 0 Å². The zero-order valence-corrected chi connectivity index (χ0v) is 13.4. The molecular weight excluding hydrogens is 336 g/mol. The maximum atomic E-state index is 12.2. The van der Waals surface area contributed by atoms with Gasteiger partial charge in [-0.3, -0.25) is 0 Å². The van der Waals surface area contributed by atoms with Crippen LogP contribution in [0.2, 0.25) is 4.34 Å². The molecule has 0 fully saturated rings. The van der Waals surface area contributed by atoms with Gasteiger partial charge in [-0.1, -0.05) is 36.0 Å². The van der Waals surface area contributed by atoms with Crippen LogP contribution in [0.4, 0.5) is 0 Å². The number of nitrogens with one attached hydrogen (secondary N) is 1. The maximum Gasteiger partial charge on any atom is 0.240 e. The Bertz CT molecular complexity index is 741. The van der Waals surface area contributed by atoms with Crippen LogP contribution < -0.4 is 10.5 Å². The molecule has 0 spiro atoms. The fourth-order valence-electron chi connectivity index (χ4n) is 1.51. The molecule has 0 radical (unpaired) electrons. The third-order valence-corrected chi connectivity index (χ3v) is 5.36. The largest absolute Gasteiger partial charge is 0.389 e. The number of thiophene rings is 1. The van der Waals surface area contributed by atoms with E-state index in [0.29, 0.717) is 9.90 Å². The van der Waals surface area contributed by atoms with Gasteiger partial charge in [0.05, 0.1) is 9.23 Å². The minimum atomic E-state index is -3.61. The number of halogens is 1. The van der Waals surface area contributed by atoms with Crippen LogP contribution in [-0.2, 0) is 16.6 Å². The maximum absolute atomic E-state index is 12.2. The van der Waals surface area contributed by atoms with E-state index >= 15 is 0 Å². The molecule has 3 N–H and O–H groups in total. The number of hydrogen-bond acceptors (Lipinski definition) is 4. The molecule has 0 aliphatic carbocycles. The van der Waals surface area contributed by atoms with Crippen LogP contribution in [0.25, 0.3) is 0 Å². The number of rotatable bonds is 5. The van der Waals surface area contributed by atoms with Crippen LogP contribution in [0.3, 0.4) is 0 Å². The molecule has 2 aromatic rings. The molecule has 1 aromatic carbocycles. The van der Waals surface area contributed by atoms with E-state index in [2.05, 4.69) is 4.72 Å². The van der Waals surface area contributed by atoms with Crippen LogP contribution >= 0.6 is 35.2 Å². The highest BCUT2D eigenvalue weighted by Gasteiger charge is 2.15. The second kappa shape index (κ2) is 6.19. The van der Waals surface area contributed by atoms with Gasteiger partial charge in [-0.05, 0) is 24.3 Å². The van der Waals surface area contributed by atoms with Crippen molar-refractivity contribution in [1.29, 1.82) is 0 Å². The second-order valence-electron chi connectivity index (χ2n) is 3.92. The van der Waals surface area contributed by atoms with Gasteiger partial charge < -0.3 is 5.73 Å². The molecule has 1 heterocycles. The quantitative estimate of drug-likeness (QED) is 0.816. The van der Waals surface area contributed by atoms with E-state index in [-0.39, 0.29) is 16.4 Å². The van der Waals surface area contributed by atoms with E-state index in [1.54, 1.807) is 24.3 Å². The number of benzene rings is 1. The summed E-state index contributed by atoms with van der Waals surface area (Å²) in [6.45, 7) is 0.191. The first-order chi connectivity index (χ1) is 9.38. The van der Waals surface area contributed by atoms with Crippen LogP contribution in [0.15, 0.2) is 41.3 Å². The van der Waals surface area contributed by atoms with E-state index < -0.39 is 10.0 Å². The number of thiocarbonyl (C=S) groups is 1. The van der Waals surface area contributed by atoms with Gasteiger partial charge in [0, 0.05) is 17.0 Å². The van der Waals surface area contributed by atoms with Gasteiger partial charge in [-0.15, -0.1) is 11.3 Å². The van der Waals surface area contributed by atoms with Crippen molar-refractivity contribution in [3.8, 4) is 0 Å². The monoisotopic (exact) mass is 346 g/mol. The van der Waals surface area contributed by atoms with Crippen molar-refractivity contribution in [2.75, 3.05) is 0 Å². The zero-order chi connectivity index (χ0) is 14.8. The molecule has 1 aromatic heterocycles. The molecule has 8 heteroatoms. The highest BCUT2D eigenvalue weighted by atomic mass is 35.5. The van der Waals surface area contributed by atoms with Gasteiger partial charge >= 0.3 is 0 Å². The van der Waals surface area contributed by atoms with Crippen molar-refractivity contribution in [2.24, 2.45) is 5.73 Å². The van der Waals surface area contributed by atoms with E-state index in [0.717, 1.165) is 4.88 Å². The first-order valence-electron chi connectivity index (χ1n) is 5.52. The second-order valence-corrected chi connectivity index (χ2v) is 7.93. The Morgan fingerprint density at radius 1 is 1.35 bits per heavy atom. The Kier molecular flexibility index (Phi) is 4.77. The van der Waals surface area contributed by atoms with Crippen LogP contribution in [0.5, 0.6) is 0 Å². The normalized spacial score (nSPS) is 11.4. The standard InChI is InChI=1S/C12H11ClN2O2S3/c13-11-5-4-9(19-11)7-15-20(16,17)10-3-1-2-8(6-10)12(14)18/h1-6,15H,7H2,(H2,14,18). The first kappa shape index (κ1) is 15.4.